The van der Waals surface area contributed by atoms with Crippen LogP contribution in [0, 0.1) is 5.82 Å². The van der Waals surface area contributed by atoms with Gasteiger partial charge in [0.05, 0.1) is 17.2 Å². The molecule has 0 aromatic heterocycles. The SMILES string of the molecule is CC(C)N(CC(=O)Nc1ccccc1F)CC(N)=S. The second-order valence-electron chi connectivity index (χ2n) is 4.49. The summed E-state index contributed by atoms with van der Waals surface area (Å²) in [5.41, 5.74) is 5.65. The molecule has 0 saturated heterocycles. The number of thiocarbonyl (C=S) groups is 1. The molecule has 3 N–H and O–H groups in total. The first-order chi connectivity index (χ1) is 8.90. The van der Waals surface area contributed by atoms with Gasteiger partial charge in [0, 0.05) is 12.6 Å². The lowest BCUT2D eigenvalue weighted by atomic mass is 10.3. The van der Waals surface area contributed by atoms with E-state index in [1.165, 1.54) is 12.1 Å². The van der Waals surface area contributed by atoms with Crippen molar-refractivity contribution in [3.05, 3.63) is 30.1 Å². The molecule has 0 aliphatic carbocycles. The smallest absolute Gasteiger partial charge is 0.238 e. The molecule has 6 heteroatoms. The first-order valence-electron chi connectivity index (χ1n) is 5.97. The van der Waals surface area contributed by atoms with Crippen LogP contribution in [0.25, 0.3) is 0 Å². The van der Waals surface area contributed by atoms with Crippen molar-refractivity contribution in [3.8, 4) is 0 Å². The number of benzene rings is 1. The second kappa shape index (κ2) is 7.16. The minimum atomic E-state index is -0.457. The zero-order chi connectivity index (χ0) is 14.4. The Morgan fingerprint density at radius 2 is 2.05 bits per heavy atom. The van der Waals surface area contributed by atoms with Crippen LogP contribution in [0.15, 0.2) is 24.3 Å². The van der Waals surface area contributed by atoms with Gasteiger partial charge in [0.25, 0.3) is 0 Å². The summed E-state index contributed by atoms with van der Waals surface area (Å²) in [5.74, 6) is -0.753. The van der Waals surface area contributed by atoms with Gasteiger partial charge in [0.2, 0.25) is 5.91 Å². The second-order valence-corrected chi connectivity index (χ2v) is 5.02. The highest BCUT2D eigenvalue weighted by atomic mass is 32.1. The van der Waals surface area contributed by atoms with Crippen LogP contribution < -0.4 is 11.1 Å². The summed E-state index contributed by atoms with van der Waals surface area (Å²) in [6, 6.07) is 6.16. The quantitative estimate of drug-likeness (QED) is 0.781. The van der Waals surface area contributed by atoms with E-state index in [0.29, 0.717) is 11.5 Å². The highest BCUT2D eigenvalue weighted by molar-refractivity contribution is 7.80. The molecule has 0 fully saturated rings. The third-order valence-electron chi connectivity index (χ3n) is 2.58. The zero-order valence-electron chi connectivity index (χ0n) is 11.0. The minimum Gasteiger partial charge on any atom is -0.392 e. The molecule has 0 radical (unpaired) electrons. The number of hydrogen-bond acceptors (Lipinski definition) is 3. The summed E-state index contributed by atoms with van der Waals surface area (Å²) in [4.78, 5) is 14.0. The predicted molar refractivity (Wildman–Crippen MR) is 78.5 cm³/mol. The van der Waals surface area contributed by atoms with Gasteiger partial charge in [0.1, 0.15) is 5.82 Å². The maximum atomic E-state index is 13.4. The summed E-state index contributed by atoms with van der Waals surface area (Å²) in [5, 5.41) is 2.53. The van der Waals surface area contributed by atoms with Gasteiger partial charge in [0.15, 0.2) is 0 Å². The fraction of sp³-hybridized carbons (Fsp3) is 0.385. The Morgan fingerprint density at radius 3 is 2.58 bits per heavy atom. The van der Waals surface area contributed by atoms with Crippen LogP contribution in [-0.2, 0) is 4.79 Å². The normalized spacial score (nSPS) is 10.8. The fourth-order valence-electron chi connectivity index (χ4n) is 1.56. The maximum Gasteiger partial charge on any atom is 0.238 e. The Hall–Kier alpha value is -1.53. The molecule has 0 heterocycles. The lowest BCUT2D eigenvalue weighted by Gasteiger charge is -2.25. The average molecular weight is 283 g/mol. The van der Waals surface area contributed by atoms with Crippen molar-refractivity contribution in [2.45, 2.75) is 19.9 Å². The summed E-state index contributed by atoms with van der Waals surface area (Å²) in [6.45, 7) is 4.35. The number of halogens is 1. The van der Waals surface area contributed by atoms with Crippen molar-refractivity contribution in [3.63, 3.8) is 0 Å². The number of nitrogens with zero attached hydrogens (tertiary/aromatic N) is 1. The molecule has 0 aliphatic rings. The predicted octanol–water partition coefficient (Wildman–Crippen LogP) is 1.76. The van der Waals surface area contributed by atoms with Crippen LogP contribution in [0.2, 0.25) is 0 Å². The summed E-state index contributed by atoms with van der Waals surface area (Å²) in [6.07, 6.45) is 0. The fourth-order valence-corrected chi connectivity index (χ4v) is 1.72. The lowest BCUT2D eigenvalue weighted by molar-refractivity contribution is -0.117. The van der Waals surface area contributed by atoms with Crippen molar-refractivity contribution in [1.82, 2.24) is 4.90 Å². The Bertz CT molecular complexity index is 465. The number of rotatable bonds is 6. The van der Waals surface area contributed by atoms with E-state index in [0.717, 1.165) is 0 Å². The van der Waals surface area contributed by atoms with Gasteiger partial charge in [-0.25, -0.2) is 4.39 Å². The van der Waals surface area contributed by atoms with E-state index < -0.39 is 5.82 Å². The number of carbonyl (C=O) groups is 1. The molecule has 1 rings (SSSR count). The van der Waals surface area contributed by atoms with Crippen LogP contribution in [0.5, 0.6) is 0 Å². The molecule has 0 aliphatic heterocycles. The largest absolute Gasteiger partial charge is 0.392 e. The molecule has 1 aromatic rings. The number of nitrogens with one attached hydrogen (secondary N) is 1. The number of amides is 1. The average Bonchev–Trinajstić information content (AvgIpc) is 2.30. The molecule has 1 aromatic carbocycles. The highest BCUT2D eigenvalue weighted by Crippen LogP contribution is 2.12. The highest BCUT2D eigenvalue weighted by Gasteiger charge is 2.15. The molecule has 0 spiro atoms. The van der Waals surface area contributed by atoms with Crippen LogP contribution in [0.3, 0.4) is 0 Å². The number of anilines is 1. The molecule has 104 valence electrons. The standard InChI is InChI=1S/C13H18FN3OS/c1-9(2)17(7-12(15)19)8-13(18)16-11-6-4-3-5-10(11)14/h3-6,9H,7-8H2,1-2H3,(H2,15,19)(H,16,18). The molecular weight excluding hydrogens is 265 g/mol. The molecule has 0 bridgehead atoms. The Kier molecular flexibility index (Phi) is 5.85. The molecule has 1 amide bonds. The van der Waals surface area contributed by atoms with Crippen molar-refractivity contribution < 1.29 is 9.18 Å². The number of carbonyl (C=O) groups excluding carboxylic acids is 1. The van der Waals surface area contributed by atoms with Crippen molar-refractivity contribution >= 4 is 28.8 Å². The molecule has 19 heavy (non-hydrogen) atoms. The van der Waals surface area contributed by atoms with Gasteiger partial charge in [-0.05, 0) is 26.0 Å². The molecule has 0 saturated carbocycles. The van der Waals surface area contributed by atoms with Gasteiger partial charge in [-0.3, -0.25) is 9.69 Å². The van der Waals surface area contributed by atoms with E-state index in [9.17, 15) is 9.18 Å². The van der Waals surface area contributed by atoms with E-state index >= 15 is 0 Å². The van der Waals surface area contributed by atoms with Crippen LogP contribution >= 0.6 is 12.2 Å². The summed E-state index contributed by atoms with van der Waals surface area (Å²) in [7, 11) is 0. The van der Waals surface area contributed by atoms with E-state index in [-0.39, 0.29) is 24.2 Å². The van der Waals surface area contributed by atoms with Gasteiger partial charge in [-0.15, -0.1) is 0 Å². The van der Waals surface area contributed by atoms with Gasteiger partial charge in [-0.2, -0.15) is 0 Å². The third kappa shape index (κ3) is 5.32. The Labute approximate surface area is 117 Å². The van der Waals surface area contributed by atoms with Gasteiger partial charge < -0.3 is 11.1 Å². The van der Waals surface area contributed by atoms with Crippen LogP contribution in [0.1, 0.15) is 13.8 Å². The van der Waals surface area contributed by atoms with Crippen LogP contribution in [-0.4, -0.2) is 34.9 Å². The lowest BCUT2D eigenvalue weighted by Crippen LogP contribution is -2.42. The zero-order valence-corrected chi connectivity index (χ0v) is 11.8. The molecule has 0 unspecified atom stereocenters. The van der Waals surface area contributed by atoms with Gasteiger partial charge in [-0.1, -0.05) is 24.4 Å². The minimum absolute atomic E-state index is 0.114. The molecule has 0 atom stereocenters. The van der Waals surface area contributed by atoms with Crippen LogP contribution in [0.4, 0.5) is 10.1 Å². The summed E-state index contributed by atoms with van der Waals surface area (Å²) < 4.78 is 13.4. The topological polar surface area (TPSA) is 58.4 Å². The Balaban J connectivity index is 2.63. The van der Waals surface area contributed by atoms with Crippen molar-refractivity contribution in [1.29, 1.82) is 0 Å². The van der Waals surface area contributed by atoms with E-state index in [1.54, 1.807) is 12.1 Å². The van der Waals surface area contributed by atoms with Gasteiger partial charge >= 0.3 is 0 Å². The van der Waals surface area contributed by atoms with E-state index in [2.05, 4.69) is 5.32 Å². The van der Waals surface area contributed by atoms with Crippen molar-refractivity contribution in [2.75, 3.05) is 18.4 Å². The van der Waals surface area contributed by atoms with Crippen molar-refractivity contribution in [2.24, 2.45) is 5.73 Å². The first kappa shape index (κ1) is 15.5. The summed E-state index contributed by atoms with van der Waals surface area (Å²) >= 11 is 4.84. The monoisotopic (exact) mass is 283 g/mol. The Morgan fingerprint density at radius 1 is 1.42 bits per heavy atom. The van der Waals surface area contributed by atoms with E-state index in [4.69, 9.17) is 18.0 Å². The molecular formula is C13H18FN3OS. The first-order valence-corrected chi connectivity index (χ1v) is 6.37. The number of para-hydroxylation sites is 1. The number of nitrogens with two attached hydrogens (primary N) is 1. The van der Waals surface area contributed by atoms with E-state index in [1.807, 2.05) is 18.7 Å². The third-order valence-corrected chi connectivity index (χ3v) is 2.71. The molecule has 4 nitrogen and oxygen atoms in total. The maximum absolute atomic E-state index is 13.4. The number of hydrogen-bond donors (Lipinski definition) is 2.